The molecule has 0 aliphatic carbocycles. The molecule has 1 amide bonds. The molecule has 0 rings (SSSR count). The molecule has 0 aromatic rings. The van der Waals surface area contributed by atoms with Gasteiger partial charge >= 0.3 is 0 Å². The zero-order valence-electron chi connectivity index (χ0n) is 6.06. The second-order valence-electron chi connectivity index (χ2n) is 2.06. The number of nitrogens with one attached hydrogen (secondary N) is 1. The van der Waals surface area contributed by atoms with Gasteiger partial charge in [-0.25, -0.2) is 0 Å². The van der Waals surface area contributed by atoms with Crippen LogP contribution < -0.4 is 11.1 Å². The minimum Gasteiger partial charge on any atom is -0.368 e. The lowest BCUT2D eigenvalue weighted by atomic mass is 10.3. The summed E-state index contributed by atoms with van der Waals surface area (Å²) in [5, 5.41) is 2.91. The van der Waals surface area contributed by atoms with Crippen LogP contribution in [0.15, 0.2) is 0 Å². The molecule has 0 fully saturated rings. The monoisotopic (exact) mass is 164 g/mol. The SMILES string of the molecule is CCCNC(CCl)C(N)=O. The summed E-state index contributed by atoms with van der Waals surface area (Å²) in [5.41, 5.74) is 5.00. The third-order valence-electron chi connectivity index (χ3n) is 1.14. The predicted molar refractivity (Wildman–Crippen MR) is 42.0 cm³/mol. The molecule has 1 unspecified atom stereocenters. The van der Waals surface area contributed by atoms with Gasteiger partial charge in [0, 0.05) is 5.88 Å². The molecule has 0 aromatic heterocycles. The van der Waals surface area contributed by atoms with Crippen molar-refractivity contribution >= 4 is 17.5 Å². The zero-order valence-corrected chi connectivity index (χ0v) is 6.82. The molecule has 0 bridgehead atoms. The molecule has 4 heteroatoms. The van der Waals surface area contributed by atoms with Crippen molar-refractivity contribution in [1.29, 1.82) is 0 Å². The van der Waals surface area contributed by atoms with Gasteiger partial charge in [-0.2, -0.15) is 0 Å². The third kappa shape index (κ3) is 3.69. The molecule has 1 atom stereocenters. The summed E-state index contributed by atoms with van der Waals surface area (Å²) < 4.78 is 0. The Kier molecular flexibility index (Phi) is 5.35. The largest absolute Gasteiger partial charge is 0.368 e. The number of primary amides is 1. The molecule has 60 valence electrons. The Balaban J connectivity index is 3.50. The van der Waals surface area contributed by atoms with E-state index in [-0.39, 0.29) is 17.8 Å². The Morgan fingerprint density at radius 2 is 2.40 bits per heavy atom. The molecular formula is C6H13ClN2O. The molecule has 0 radical (unpaired) electrons. The molecule has 0 aromatic carbocycles. The number of nitrogens with two attached hydrogens (primary N) is 1. The van der Waals surface area contributed by atoms with E-state index < -0.39 is 0 Å². The molecule has 0 aliphatic rings. The van der Waals surface area contributed by atoms with Crippen molar-refractivity contribution in [3.8, 4) is 0 Å². The molecule has 0 aliphatic heterocycles. The van der Waals surface area contributed by atoms with Gasteiger partial charge in [0.05, 0.1) is 0 Å². The van der Waals surface area contributed by atoms with Crippen LogP contribution in [0.3, 0.4) is 0 Å². The van der Waals surface area contributed by atoms with Crippen LogP contribution in [-0.4, -0.2) is 24.4 Å². The van der Waals surface area contributed by atoms with Gasteiger partial charge in [0.15, 0.2) is 0 Å². The van der Waals surface area contributed by atoms with Crippen LogP contribution in [0, 0.1) is 0 Å². The van der Waals surface area contributed by atoms with Crippen LogP contribution in [0.2, 0.25) is 0 Å². The van der Waals surface area contributed by atoms with Crippen molar-refractivity contribution in [2.75, 3.05) is 12.4 Å². The topological polar surface area (TPSA) is 55.1 Å². The first-order chi connectivity index (χ1) is 4.72. The normalized spacial score (nSPS) is 13.0. The number of carbonyl (C=O) groups excluding carboxylic acids is 1. The van der Waals surface area contributed by atoms with E-state index >= 15 is 0 Å². The Morgan fingerprint density at radius 3 is 2.70 bits per heavy atom. The first-order valence-corrected chi connectivity index (χ1v) is 3.84. The summed E-state index contributed by atoms with van der Waals surface area (Å²) in [6.07, 6.45) is 0.973. The van der Waals surface area contributed by atoms with E-state index in [0.717, 1.165) is 13.0 Å². The van der Waals surface area contributed by atoms with E-state index in [4.69, 9.17) is 17.3 Å². The highest BCUT2D eigenvalue weighted by Gasteiger charge is 2.10. The van der Waals surface area contributed by atoms with Crippen LogP contribution in [0.1, 0.15) is 13.3 Å². The van der Waals surface area contributed by atoms with Crippen LogP contribution in [-0.2, 0) is 4.79 Å². The van der Waals surface area contributed by atoms with Crippen molar-refractivity contribution in [2.45, 2.75) is 19.4 Å². The lowest BCUT2D eigenvalue weighted by Crippen LogP contribution is -2.42. The second-order valence-corrected chi connectivity index (χ2v) is 2.37. The van der Waals surface area contributed by atoms with E-state index in [1.54, 1.807) is 0 Å². The lowest BCUT2D eigenvalue weighted by Gasteiger charge is -2.09. The standard InChI is InChI=1S/C6H13ClN2O/c1-2-3-9-5(4-7)6(8)10/h5,9H,2-4H2,1H3,(H2,8,10). The molecule has 0 heterocycles. The molecule has 3 nitrogen and oxygen atoms in total. The molecule has 0 spiro atoms. The van der Waals surface area contributed by atoms with E-state index in [9.17, 15) is 4.79 Å². The molecule has 3 N–H and O–H groups in total. The highest BCUT2D eigenvalue weighted by Crippen LogP contribution is 1.86. The van der Waals surface area contributed by atoms with E-state index in [1.165, 1.54) is 0 Å². The molecule has 0 saturated carbocycles. The van der Waals surface area contributed by atoms with Crippen LogP contribution in [0.25, 0.3) is 0 Å². The Hall–Kier alpha value is -0.280. The number of halogens is 1. The maximum Gasteiger partial charge on any atom is 0.235 e. The average molecular weight is 165 g/mol. The maximum atomic E-state index is 10.5. The maximum absolute atomic E-state index is 10.5. The van der Waals surface area contributed by atoms with Crippen molar-refractivity contribution in [3.63, 3.8) is 0 Å². The fourth-order valence-corrected chi connectivity index (χ4v) is 0.811. The Bertz CT molecular complexity index is 108. The molecular weight excluding hydrogens is 152 g/mol. The lowest BCUT2D eigenvalue weighted by molar-refractivity contribution is -0.119. The number of alkyl halides is 1. The van der Waals surface area contributed by atoms with Gasteiger partial charge in [-0.3, -0.25) is 4.79 Å². The second kappa shape index (κ2) is 5.50. The van der Waals surface area contributed by atoms with Gasteiger partial charge in [0.2, 0.25) is 5.91 Å². The number of hydrogen-bond donors (Lipinski definition) is 2. The van der Waals surface area contributed by atoms with Gasteiger partial charge in [0.25, 0.3) is 0 Å². The summed E-state index contributed by atoms with van der Waals surface area (Å²) in [4.78, 5) is 10.5. The van der Waals surface area contributed by atoms with E-state index in [1.807, 2.05) is 6.92 Å². The zero-order chi connectivity index (χ0) is 7.98. The third-order valence-corrected chi connectivity index (χ3v) is 1.45. The summed E-state index contributed by atoms with van der Waals surface area (Å²) >= 11 is 5.43. The smallest absolute Gasteiger partial charge is 0.235 e. The van der Waals surface area contributed by atoms with Crippen molar-refractivity contribution in [3.05, 3.63) is 0 Å². The minimum atomic E-state index is -0.386. The number of rotatable bonds is 5. The van der Waals surface area contributed by atoms with Gasteiger partial charge in [-0.1, -0.05) is 6.92 Å². The fourth-order valence-electron chi connectivity index (χ4n) is 0.550. The number of hydrogen-bond acceptors (Lipinski definition) is 2. The summed E-state index contributed by atoms with van der Waals surface area (Å²) in [5.74, 6) is -0.140. The first kappa shape index (κ1) is 9.72. The summed E-state index contributed by atoms with van der Waals surface area (Å²) in [6, 6.07) is -0.374. The number of amides is 1. The van der Waals surface area contributed by atoms with Gasteiger partial charge in [-0.15, -0.1) is 11.6 Å². The molecule has 0 saturated heterocycles. The number of carbonyl (C=O) groups is 1. The van der Waals surface area contributed by atoms with Gasteiger partial charge < -0.3 is 11.1 Å². The van der Waals surface area contributed by atoms with Crippen LogP contribution in [0.4, 0.5) is 0 Å². The van der Waals surface area contributed by atoms with Crippen molar-refractivity contribution in [2.24, 2.45) is 5.73 Å². The highest BCUT2D eigenvalue weighted by molar-refractivity contribution is 6.19. The van der Waals surface area contributed by atoms with Gasteiger partial charge in [-0.05, 0) is 13.0 Å². The predicted octanol–water partition coefficient (Wildman–Crippen LogP) is 0.0787. The van der Waals surface area contributed by atoms with Crippen LogP contribution >= 0.6 is 11.6 Å². The summed E-state index contributed by atoms with van der Waals surface area (Å²) in [6.45, 7) is 2.79. The van der Waals surface area contributed by atoms with Crippen molar-refractivity contribution in [1.82, 2.24) is 5.32 Å². The minimum absolute atomic E-state index is 0.245. The van der Waals surface area contributed by atoms with Crippen molar-refractivity contribution < 1.29 is 4.79 Å². The fraction of sp³-hybridized carbons (Fsp3) is 0.833. The quantitative estimate of drug-likeness (QED) is 0.566. The van der Waals surface area contributed by atoms with E-state index in [2.05, 4.69) is 5.32 Å². The highest BCUT2D eigenvalue weighted by atomic mass is 35.5. The summed E-state index contributed by atoms with van der Waals surface area (Å²) in [7, 11) is 0. The Labute approximate surface area is 65.9 Å². The molecule has 10 heavy (non-hydrogen) atoms. The first-order valence-electron chi connectivity index (χ1n) is 3.31. The van der Waals surface area contributed by atoms with E-state index in [0.29, 0.717) is 0 Å². The van der Waals surface area contributed by atoms with Gasteiger partial charge in [0.1, 0.15) is 6.04 Å². The van der Waals surface area contributed by atoms with Crippen LogP contribution in [0.5, 0.6) is 0 Å². The average Bonchev–Trinajstić information content (AvgIpc) is 1.89. The Morgan fingerprint density at radius 1 is 1.80 bits per heavy atom.